The second-order valence-corrected chi connectivity index (χ2v) is 22.0. The average molecular weight is 1240 g/mol. The quantitative estimate of drug-likeness (QED) is 0.0159. The predicted molar refractivity (Wildman–Crippen MR) is 355 cm³/mol. The monoisotopic (exact) mass is 1240 g/mol. The number of carbonyl (C=O) groups excluding carboxylic acids is 4. The van der Waals surface area contributed by atoms with E-state index >= 15 is 0 Å². The fourth-order valence-corrected chi connectivity index (χ4v) is 8.26. The summed E-state index contributed by atoms with van der Waals surface area (Å²) < 4.78 is 0. The van der Waals surface area contributed by atoms with Crippen molar-refractivity contribution < 1.29 is 79.2 Å². The predicted octanol–water partition coefficient (Wildman–Crippen LogP) is 16.1. The highest BCUT2D eigenvalue weighted by molar-refractivity contribution is 5.90. The maximum absolute atomic E-state index is 11.7. The van der Waals surface area contributed by atoms with Gasteiger partial charge in [-0.15, -0.1) is 0 Å². The molecule has 4 unspecified atom stereocenters. The number of aliphatic hydroxyl groups excluding tert-OH is 4. The smallest absolute Gasteiger partial charge is 0.303 e. The van der Waals surface area contributed by atoms with Crippen molar-refractivity contribution in [2.75, 3.05) is 0 Å². The van der Waals surface area contributed by atoms with Crippen LogP contribution in [0.25, 0.3) is 0 Å². The fraction of sp³-hybridized carbons (Fsp3) is 0.667. The highest BCUT2D eigenvalue weighted by Crippen LogP contribution is 2.14. The third kappa shape index (κ3) is 78.3. The lowest BCUT2D eigenvalue weighted by molar-refractivity contribution is -0.138. The van der Waals surface area contributed by atoms with E-state index < -0.39 is 48.3 Å². The van der Waals surface area contributed by atoms with E-state index in [1.807, 2.05) is 74.6 Å². The molecule has 0 aliphatic carbocycles. The van der Waals surface area contributed by atoms with Crippen LogP contribution in [0.4, 0.5) is 0 Å². The Morgan fingerprint density at radius 2 is 0.648 bits per heavy atom. The molecule has 0 rings (SSSR count). The molecular weight excluding hydrogens is 1120 g/mol. The lowest BCUT2D eigenvalue weighted by Gasteiger charge is -2.07. The number of carboxylic acids is 4. The van der Waals surface area contributed by atoms with E-state index in [4.69, 9.17) is 20.4 Å². The molecule has 16 nitrogen and oxygen atoms in total. The minimum Gasteiger partial charge on any atom is -0.481 e. The van der Waals surface area contributed by atoms with E-state index in [2.05, 4.69) is 26.0 Å². The van der Waals surface area contributed by atoms with Gasteiger partial charge in [0.25, 0.3) is 0 Å². The number of carboxylic acid groups (broad SMARTS) is 4. The van der Waals surface area contributed by atoms with E-state index in [-0.39, 0.29) is 48.8 Å². The number of aliphatic carboxylic acids is 4. The highest BCUT2D eigenvalue weighted by Gasteiger charge is 2.13. The molecule has 16 heteroatoms. The molecule has 0 amide bonds. The highest BCUT2D eigenvalue weighted by atomic mass is 16.4. The van der Waals surface area contributed by atoms with Crippen molar-refractivity contribution in [1.82, 2.24) is 0 Å². The molecule has 0 aliphatic heterocycles. The van der Waals surface area contributed by atoms with Crippen LogP contribution >= 0.6 is 0 Å². The summed E-state index contributed by atoms with van der Waals surface area (Å²) >= 11 is 0. The van der Waals surface area contributed by atoms with Crippen molar-refractivity contribution >= 4 is 47.0 Å². The van der Waals surface area contributed by atoms with Gasteiger partial charge in [0.2, 0.25) is 0 Å². The molecule has 0 aliphatic rings. The van der Waals surface area contributed by atoms with Gasteiger partial charge < -0.3 is 40.9 Å². The standard InChI is InChI=1S/4C18H30O4/c1-2-3-10-13-16(19)17(20)14-11-8-6-4-5-7-9-12-15-18(21)22;1-2-3-8-11-16(19)14-15-17(20)12-9-6-4-5-7-10-13-18(21)22;1-2-3-4-8-11-16(19)14-15-17(20)12-9-6-5-7-10-13-18(21)22;1-2-3-4-5-7-10-13-16(19)17(20)14-11-8-6-9-12-15-18(21)22/h3,8,10-11,16,19H,2,4-7,9,12-15H2,1H3,(H,21,22);3,8,14-16,19H,2,4-7,9-13H2,1H3,(H,21,22);3-4,14-15,17,20H,2,5-13H2,1H3,(H,21,22);3-4,7,10,17,20H,2,5-6,8-9,11-15H2,1H3,(H,21,22)/b10-3-,11-8-;8-3-,15-14+;4-3-,15-14+;4-3-,10-7-. The van der Waals surface area contributed by atoms with Crippen LogP contribution in [0.15, 0.2) is 97.2 Å². The van der Waals surface area contributed by atoms with E-state index in [0.29, 0.717) is 57.8 Å². The summed E-state index contributed by atoms with van der Waals surface area (Å²) in [6, 6.07) is 0. The minimum absolute atomic E-state index is 0.0495. The Balaban J connectivity index is -0.000000535. The molecule has 0 saturated heterocycles. The normalized spacial score (nSPS) is 13.0. The number of ketones is 4. The number of unbranched alkanes of at least 4 members (excludes halogenated alkanes) is 18. The van der Waals surface area contributed by atoms with Gasteiger partial charge in [-0.3, -0.25) is 38.4 Å². The Kier molecular flexibility index (Phi) is 71.0. The van der Waals surface area contributed by atoms with Crippen LogP contribution in [0.5, 0.6) is 0 Å². The number of allylic oxidation sites excluding steroid dienone is 12. The summed E-state index contributed by atoms with van der Waals surface area (Å²) in [5, 5.41) is 72.8. The molecule has 88 heavy (non-hydrogen) atoms. The largest absolute Gasteiger partial charge is 0.481 e. The molecule has 0 spiro atoms. The number of aliphatic hydroxyl groups is 4. The molecule has 0 aromatic carbocycles. The SMILES string of the molecule is CC/C=C\C/C=C\CC(=O)C(O)CCCCCCCC(=O)O.CC/C=C\CC(O)/C=C/C(=O)CCCCCCCCC(=O)O.CC/C=C\CC(O)C(=O)C/C=C\CCCCCCCC(=O)O.CC/C=C\CCC(=O)/C=C/C(O)CCCCCCCC(=O)O. The first-order chi connectivity index (χ1) is 42.3. The van der Waals surface area contributed by atoms with E-state index in [1.54, 1.807) is 12.2 Å². The molecular formula is C72H120O16. The van der Waals surface area contributed by atoms with Gasteiger partial charge in [-0.25, -0.2) is 0 Å². The van der Waals surface area contributed by atoms with E-state index in [9.17, 15) is 58.8 Å². The maximum Gasteiger partial charge on any atom is 0.303 e. The molecule has 0 aromatic heterocycles. The van der Waals surface area contributed by atoms with Gasteiger partial charge in [-0.2, -0.15) is 0 Å². The molecule has 0 saturated carbocycles. The Morgan fingerprint density at radius 1 is 0.307 bits per heavy atom. The summed E-state index contributed by atoms with van der Waals surface area (Å²) in [6.07, 6.45) is 57.1. The second-order valence-electron chi connectivity index (χ2n) is 22.0. The zero-order valence-corrected chi connectivity index (χ0v) is 54.7. The van der Waals surface area contributed by atoms with Crippen molar-refractivity contribution in [2.24, 2.45) is 0 Å². The van der Waals surface area contributed by atoms with Crippen LogP contribution in [0, 0.1) is 0 Å². The second kappa shape index (κ2) is 70.4. The van der Waals surface area contributed by atoms with Gasteiger partial charge in [0.1, 0.15) is 12.2 Å². The van der Waals surface area contributed by atoms with Crippen LogP contribution in [0.3, 0.4) is 0 Å². The fourth-order valence-electron chi connectivity index (χ4n) is 8.26. The molecule has 8 N–H and O–H groups in total. The topological polar surface area (TPSA) is 298 Å². The van der Waals surface area contributed by atoms with Crippen LogP contribution < -0.4 is 0 Å². The first-order valence-electron chi connectivity index (χ1n) is 33.2. The van der Waals surface area contributed by atoms with Gasteiger partial charge in [0.05, 0.1) is 12.2 Å². The number of Topliss-reactive ketones (excluding diaryl/α,β-unsaturated/α-hetero) is 2. The summed E-state index contributed by atoms with van der Waals surface area (Å²) in [6.45, 7) is 8.18. The molecule has 504 valence electrons. The number of hydrogen-bond acceptors (Lipinski definition) is 12. The Labute approximate surface area is 530 Å². The summed E-state index contributed by atoms with van der Waals surface area (Å²) in [5.41, 5.74) is 0. The first-order valence-corrected chi connectivity index (χ1v) is 33.2. The summed E-state index contributed by atoms with van der Waals surface area (Å²) in [4.78, 5) is 87.8. The van der Waals surface area contributed by atoms with Crippen molar-refractivity contribution in [3.8, 4) is 0 Å². The van der Waals surface area contributed by atoms with Crippen LogP contribution in [-0.4, -0.2) is 112 Å². The van der Waals surface area contributed by atoms with Gasteiger partial charge in [-0.1, -0.05) is 209 Å². The molecule has 0 fully saturated rings. The lowest BCUT2D eigenvalue weighted by Crippen LogP contribution is -2.19. The van der Waals surface area contributed by atoms with Crippen molar-refractivity contribution in [2.45, 2.75) is 309 Å². The number of carbonyl (C=O) groups is 8. The first kappa shape index (κ1) is 88.7. The van der Waals surface area contributed by atoms with Crippen LogP contribution in [-0.2, 0) is 38.4 Å². The molecule has 0 bridgehead atoms. The van der Waals surface area contributed by atoms with Crippen LogP contribution in [0.2, 0.25) is 0 Å². The minimum atomic E-state index is -0.887. The van der Waals surface area contributed by atoms with Crippen molar-refractivity contribution in [3.63, 3.8) is 0 Å². The van der Waals surface area contributed by atoms with Crippen molar-refractivity contribution in [3.05, 3.63) is 97.2 Å². The molecule has 0 aromatic rings. The van der Waals surface area contributed by atoms with Crippen LogP contribution in [0.1, 0.15) is 285 Å². The molecule has 0 radical (unpaired) electrons. The number of hydrogen-bond donors (Lipinski definition) is 8. The van der Waals surface area contributed by atoms with E-state index in [1.165, 1.54) is 12.2 Å². The molecule has 0 heterocycles. The van der Waals surface area contributed by atoms with E-state index in [0.717, 1.165) is 173 Å². The van der Waals surface area contributed by atoms with Gasteiger partial charge in [0, 0.05) is 51.4 Å². The van der Waals surface area contributed by atoms with Gasteiger partial charge >= 0.3 is 23.9 Å². The van der Waals surface area contributed by atoms with Gasteiger partial charge in [0.15, 0.2) is 23.1 Å². The zero-order chi connectivity index (χ0) is 66.5. The lowest BCUT2D eigenvalue weighted by atomic mass is 10.0. The Bertz CT molecular complexity index is 1990. The third-order valence-corrected chi connectivity index (χ3v) is 13.5. The van der Waals surface area contributed by atoms with Gasteiger partial charge in [-0.05, 0) is 121 Å². The Morgan fingerprint density at radius 3 is 1.12 bits per heavy atom. The zero-order valence-electron chi connectivity index (χ0n) is 54.7. The summed E-state index contributed by atoms with van der Waals surface area (Å²) in [7, 11) is 0. The maximum atomic E-state index is 11.7. The Hall–Kier alpha value is -5.68. The third-order valence-electron chi connectivity index (χ3n) is 13.5. The summed E-state index contributed by atoms with van der Waals surface area (Å²) in [5.74, 6) is -3.09. The molecule has 4 atom stereocenters. The van der Waals surface area contributed by atoms with Crippen molar-refractivity contribution in [1.29, 1.82) is 0 Å². The average Bonchev–Trinajstić information content (AvgIpc) is 3.51. The number of rotatable bonds is 56.